The molecule has 100 valence electrons. The third kappa shape index (κ3) is 3.02. The van der Waals surface area contributed by atoms with E-state index >= 15 is 0 Å². The van der Waals surface area contributed by atoms with Gasteiger partial charge in [0.15, 0.2) is 0 Å². The van der Waals surface area contributed by atoms with E-state index in [-0.39, 0.29) is 12.7 Å². The largest absolute Gasteiger partial charge is 0.490 e. The van der Waals surface area contributed by atoms with Crippen LogP contribution in [0.2, 0.25) is 0 Å². The van der Waals surface area contributed by atoms with Crippen molar-refractivity contribution in [3.05, 3.63) is 23.5 Å². The van der Waals surface area contributed by atoms with Gasteiger partial charge in [-0.2, -0.15) is 0 Å². The number of aliphatic hydroxyl groups excluding tert-OH is 1. The fourth-order valence-corrected chi connectivity index (χ4v) is 2.58. The zero-order valence-corrected chi connectivity index (χ0v) is 11.5. The van der Waals surface area contributed by atoms with Crippen LogP contribution < -0.4 is 4.74 Å². The van der Waals surface area contributed by atoms with Crippen molar-refractivity contribution < 1.29 is 9.84 Å². The number of aryl methyl sites for hydroxylation is 1. The van der Waals surface area contributed by atoms with E-state index in [1.54, 1.807) is 6.20 Å². The maximum atomic E-state index is 9.31. The number of rotatable bonds is 3. The average molecular weight is 249 g/mol. The minimum Gasteiger partial charge on any atom is -0.490 e. The second-order valence-corrected chi connectivity index (χ2v) is 5.60. The van der Waals surface area contributed by atoms with Crippen molar-refractivity contribution in [1.82, 2.24) is 4.98 Å². The topological polar surface area (TPSA) is 42.4 Å². The molecule has 0 aromatic carbocycles. The molecule has 1 aromatic rings. The highest BCUT2D eigenvalue weighted by molar-refractivity contribution is 5.32. The Labute approximate surface area is 109 Å². The molecular weight excluding hydrogens is 226 g/mol. The van der Waals surface area contributed by atoms with Crippen molar-refractivity contribution in [2.24, 2.45) is 11.8 Å². The summed E-state index contributed by atoms with van der Waals surface area (Å²) in [5.74, 6) is 2.31. The van der Waals surface area contributed by atoms with Gasteiger partial charge in [-0.15, -0.1) is 0 Å². The van der Waals surface area contributed by atoms with Crippen LogP contribution in [0.5, 0.6) is 5.75 Å². The predicted molar refractivity (Wildman–Crippen MR) is 71.5 cm³/mol. The SMILES string of the molecule is Cc1cc(OC2CCC(C)C(C)C2)c(CO)cn1. The Morgan fingerprint density at radius 2 is 2.11 bits per heavy atom. The molecule has 1 N–H and O–H groups in total. The van der Waals surface area contributed by atoms with E-state index in [0.29, 0.717) is 5.92 Å². The summed E-state index contributed by atoms with van der Waals surface area (Å²) < 4.78 is 6.08. The molecule has 0 spiro atoms. The van der Waals surface area contributed by atoms with Gasteiger partial charge in [0.2, 0.25) is 0 Å². The van der Waals surface area contributed by atoms with Crippen molar-refractivity contribution >= 4 is 0 Å². The normalized spacial score (nSPS) is 28.1. The van der Waals surface area contributed by atoms with Gasteiger partial charge >= 0.3 is 0 Å². The van der Waals surface area contributed by atoms with Gasteiger partial charge in [-0.1, -0.05) is 13.8 Å². The lowest BCUT2D eigenvalue weighted by atomic mass is 9.80. The van der Waals surface area contributed by atoms with Crippen LogP contribution in [0.25, 0.3) is 0 Å². The average Bonchev–Trinajstić information content (AvgIpc) is 2.34. The van der Waals surface area contributed by atoms with E-state index in [4.69, 9.17) is 4.74 Å². The molecule has 0 amide bonds. The summed E-state index contributed by atoms with van der Waals surface area (Å²) in [7, 11) is 0. The van der Waals surface area contributed by atoms with Gasteiger partial charge in [0.25, 0.3) is 0 Å². The summed E-state index contributed by atoms with van der Waals surface area (Å²) in [5.41, 5.74) is 1.71. The van der Waals surface area contributed by atoms with E-state index < -0.39 is 0 Å². The van der Waals surface area contributed by atoms with E-state index in [0.717, 1.165) is 35.8 Å². The van der Waals surface area contributed by atoms with Crippen LogP contribution in [-0.4, -0.2) is 16.2 Å². The summed E-state index contributed by atoms with van der Waals surface area (Å²) in [4.78, 5) is 4.19. The Bertz CT molecular complexity index is 405. The van der Waals surface area contributed by atoms with Crippen molar-refractivity contribution in [3.8, 4) is 5.75 Å². The molecule has 3 heteroatoms. The van der Waals surface area contributed by atoms with Crippen LogP contribution in [0, 0.1) is 18.8 Å². The van der Waals surface area contributed by atoms with Crippen molar-refractivity contribution in [1.29, 1.82) is 0 Å². The Morgan fingerprint density at radius 1 is 1.33 bits per heavy atom. The summed E-state index contributed by atoms with van der Waals surface area (Å²) in [6.07, 6.45) is 5.43. The standard InChI is InChI=1S/C15H23NO2/c1-10-4-5-14(6-11(10)2)18-15-7-12(3)16-8-13(15)9-17/h7-8,10-11,14,17H,4-6,9H2,1-3H3. The van der Waals surface area contributed by atoms with Crippen LogP contribution in [0.15, 0.2) is 12.3 Å². The van der Waals surface area contributed by atoms with E-state index in [1.165, 1.54) is 6.42 Å². The lowest BCUT2D eigenvalue weighted by Gasteiger charge is -2.32. The minimum absolute atomic E-state index is 0.0126. The summed E-state index contributed by atoms with van der Waals surface area (Å²) >= 11 is 0. The quantitative estimate of drug-likeness (QED) is 0.895. The monoisotopic (exact) mass is 249 g/mol. The van der Waals surface area contributed by atoms with Gasteiger partial charge in [0.05, 0.1) is 12.7 Å². The molecule has 3 atom stereocenters. The third-order valence-electron chi connectivity index (χ3n) is 4.09. The number of hydrogen-bond acceptors (Lipinski definition) is 3. The van der Waals surface area contributed by atoms with Gasteiger partial charge in [-0.05, 0) is 38.0 Å². The van der Waals surface area contributed by atoms with E-state index in [1.807, 2.05) is 13.0 Å². The summed E-state index contributed by atoms with van der Waals surface area (Å²) in [6, 6.07) is 1.92. The molecule has 0 saturated heterocycles. The molecule has 18 heavy (non-hydrogen) atoms. The Hall–Kier alpha value is -1.09. The number of pyridine rings is 1. The molecule has 3 unspecified atom stereocenters. The Kier molecular flexibility index (Phi) is 4.23. The predicted octanol–water partition coefficient (Wildman–Crippen LogP) is 3.09. The lowest BCUT2D eigenvalue weighted by molar-refractivity contribution is 0.0979. The van der Waals surface area contributed by atoms with Gasteiger partial charge in [-0.25, -0.2) is 0 Å². The molecule has 0 bridgehead atoms. The lowest BCUT2D eigenvalue weighted by Crippen LogP contribution is -2.29. The number of aromatic nitrogens is 1. The van der Waals surface area contributed by atoms with Crippen LogP contribution in [0.4, 0.5) is 0 Å². The minimum atomic E-state index is -0.0126. The highest BCUT2D eigenvalue weighted by atomic mass is 16.5. The first-order valence-electron chi connectivity index (χ1n) is 6.83. The fourth-order valence-electron chi connectivity index (χ4n) is 2.58. The van der Waals surface area contributed by atoms with Crippen molar-refractivity contribution in [3.63, 3.8) is 0 Å². The molecule has 1 aromatic heterocycles. The number of ether oxygens (including phenoxy) is 1. The second kappa shape index (κ2) is 5.70. The van der Waals surface area contributed by atoms with E-state index in [9.17, 15) is 5.11 Å². The Morgan fingerprint density at radius 3 is 2.78 bits per heavy atom. The zero-order chi connectivity index (χ0) is 13.1. The molecule has 1 heterocycles. The number of hydrogen-bond donors (Lipinski definition) is 1. The highest BCUT2D eigenvalue weighted by Crippen LogP contribution is 2.32. The first-order valence-corrected chi connectivity index (χ1v) is 6.83. The van der Waals surface area contributed by atoms with Gasteiger partial charge in [0, 0.05) is 23.5 Å². The van der Waals surface area contributed by atoms with Gasteiger partial charge < -0.3 is 9.84 Å². The second-order valence-electron chi connectivity index (χ2n) is 5.60. The smallest absolute Gasteiger partial charge is 0.128 e. The molecule has 1 fully saturated rings. The van der Waals surface area contributed by atoms with Crippen molar-refractivity contribution in [2.45, 2.75) is 52.7 Å². The maximum Gasteiger partial charge on any atom is 0.128 e. The van der Waals surface area contributed by atoms with Gasteiger partial charge in [0.1, 0.15) is 5.75 Å². The summed E-state index contributed by atoms with van der Waals surface area (Å²) in [6.45, 7) is 6.54. The maximum absolute atomic E-state index is 9.31. The number of nitrogens with zero attached hydrogens (tertiary/aromatic N) is 1. The molecular formula is C15H23NO2. The van der Waals surface area contributed by atoms with Crippen LogP contribution in [-0.2, 0) is 6.61 Å². The molecule has 2 rings (SSSR count). The number of aliphatic hydroxyl groups is 1. The molecule has 1 saturated carbocycles. The molecule has 1 aliphatic carbocycles. The summed E-state index contributed by atoms with van der Waals surface area (Å²) in [5, 5.41) is 9.31. The van der Waals surface area contributed by atoms with Crippen LogP contribution in [0.3, 0.4) is 0 Å². The molecule has 0 aliphatic heterocycles. The molecule has 1 aliphatic rings. The van der Waals surface area contributed by atoms with Gasteiger partial charge in [-0.3, -0.25) is 4.98 Å². The first kappa shape index (κ1) is 13.3. The first-order chi connectivity index (χ1) is 8.60. The highest BCUT2D eigenvalue weighted by Gasteiger charge is 2.26. The Balaban J connectivity index is 2.07. The molecule has 3 nitrogen and oxygen atoms in total. The van der Waals surface area contributed by atoms with Crippen LogP contribution in [0.1, 0.15) is 44.4 Å². The van der Waals surface area contributed by atoms with Crippen molar-refractivity contribution in [2.75, 3.05) is 0 Å². The van der Waals surface area contributed by atoms with E-state index in [2.05, 4.69) is 18.8 Å². The van der Waals surface area contributed by atoms with Crippen LogP contribution >= 0.6 is 0 Å². The third-order valence-corrected chi connectivity index (χ3v) is 4.09. The zero-order valence-electron chi connectivity index (χ0n) is 11.5. The fraction of sp³-hybridized carbons (Fsp3) is 0.667. The molecule has 0 radical (unpaired) electrons.